The van der Waals surface area contributed by atoms with Crippen molar-refractivity contribution in [1.82, 2.24) is 0 Å². The van der Waals surface area contributed by atoms with Gasteiger partial charge in [0.05, 0.1) is 33.3 Å². The summed E-state index contributed by atoms with van der Waals surface area (Å²) in [6.07, 6.45) is 0. The summed E-state index contributed by atoms with van der Waals surface area (Å²) in [6, 6.07) is 9.62. The zero-order valence-corrected chi connectivity index (χ0v) is 14.0. The molecule has 0 radical (unpaired) electrons. The van der Waals surface area contributed by atoms with Crippen molar-refractivity contribution in [2.45, 2.75) is 0 Å². The zero-order chi connectivity index (χ0) is 18.3. The van der Waals surface area contributed by atoms with E-state index in [-0.39, 0.29) is 18.0 Å². The van der Waals surface area contributed by atoms with Crippen molar-refractivity contribution in [3.63, 3.8) is 0 Å². The molecule has 2 aromatic carbocycles. The van der Waals surface area contributed by atoms with Gasteiger partial charge in [-0.2, -0.15) is 0 Å². The predicted octanol–water partition coefficient (Wildman–Crippen LogP) is 1.95. The second kappa shape index (κ2) is 8.42. The fraction of sp³-hybridized carbons (Fsp3) is 0.278. The van der Waals surface area contributed by atoms with Gasteiger partial charge >= 0.3 is 5.97 Å². The molecule has 0 fully saturated rings. The molecule has 2 aromatic rings. The Kier molecular flexibility index (Phi) is 6.88. The Morgan fingerprint density at radius 3 is 2.04 bits per heavy atom. The number of hydrogen-bond acceptors (Lipinski definition) is 3. The molecule has 6 heteroatoms. The summed E-state index contributed by atoms with van der Waals surface area (Å²) in [4.78, 5) is 10.8. The number of carbonyl (C=O) groups is 1. The first-order chi connectivity index (χ1) is 11.1. The van der Waals surface area contributed by atoms with Gasteiger partial charge in [0, 0.05) is 0 Å². The Morgan fingerprint density at radius 2 is 1.62 bits per heavy atom. The van der Waals surface area contributed by atoms with Crippen LogP contribution in [0.5, 0.6) is 5.75 Å². The fourth-order valence-corrected chi connectivity index (χ4v) is 1.82. The molecule has 0 atom stereocenters. The minimum Gasteiger partial charge on any atom is -0.872 e. The monoisotopic (exact) mass is 335 g/mol. The second-order valence-corrected chi connectivity index (χ2v) is 6.26. The Hall–Kier alpha value is -2.44. The van der Waals surface area contributed by atoms with E-state index in [9.17, 15) is 14.3 Å². The first-order valence-corrected chi connectivity index (χ1v) is 7.35. The van der Waals surface area contributed by atoms with Crippen LogP contribution in [0.3, 0.4) is 0 Å². The number of halogens is 1. The summed E-state index contributed by atoms with van der Waals surface area (Å²) in [5.41, 5.74) is 0.947. The Bertz CT molecular complexity index is 678. The summed E-state index contributed by atoms with van der Waals surface area (Å²) in [5.74, 6) is -2.17. The van der Waals surface area contributed by atoms with Gasteiger partial charge in [0.25, 0.3) is 0 Å². The molecule has 0 aliphatic rings. The topological polar surface area (TPSA) is 80.6 Å². The average molecular weight is 335 g/mol. The van der Waals surface area contributed by atoms with Gasteiger partial charge in [-0.25, -0.2) is 9.18 Å². The number of rotatable bonds is 4. The number of aliphatic hydroxyl groups is 1. The maximum absolute atomic E-state index is 12.7. The van der Waals surface area contributed by atoms with Crippen molar-refractivity contribution >= 4 is 5.97 Å². The third-order valence-electron chi connectivity index (χ3n) is 3.16. The van der Waals surface area contributed by atoms with E-state index in [0.717, 1.165) is 11.0 Å². The number of carboxylic acids is 1. The largest absolute Gasteiger partial charge is 0.872 e. The van der Waals surface area contributed by atoms with Crippen LogP contribution in [0, 0.1) is 5.82 Å². The maximum Gasteiger partial charge on any atom is 0.335 e. The number of carboxylic acid groups (broad SMARTS) is 1. The van der Waals surface area contributed by atoms with Gasteiger partial charge in [-0.15, -0.1) is 0 Å². The quantitative estimate of drug-likeness (QED) is 0.837. The van der Waals surface area contributed by atoms with Gasteiger partial charge in [-0.1, -0.05) is 30.0 Å². The predicted molar refractivity (Wildman–Crippen MR) is 88.2 cm³/mol. The molecule has 0 aliphatic carbocycles. The molecule has 0 bridgehead atoms. The van der Waals surface area contributed by atoms with Crippen LogP contribution >= 0.6 is 0 Å². The van der Waals surface area contributed by atoms with E-state index < -0.39 is 11.7 Å². The molecular weight excluding hydrogens is 313 g/mol. The number of aromatic carboxylic acids is 1. The lowest BCUT2D eigenvalue weighted by atomic mass is 10.0. The minimum atomic E-state index is -1.26. The van der Waals surface area contributed by atoms with Crippen LogP contribution in [0.25, 0.3) is 11.1 Å². The number of hydrogen-bond donors (Lipinski definition) is 2. The van der Waals surface area contributed by atoms with E-state index in [0.29, 0.717) is 11.1 Å². The van der Waals surface area contributed by atoms with Crippen LogP contribution in [-0.4, -0.2) is 55.0 Å². The average Bonchev–Trinajstić information content (AvgIpc) is 2.48. The van der Waals surface area contributed by atoms with Crippen molar-refractivity contribution in [3.05, 3.63) is 53.8 Å². The van der Waals surface area contributed by atoms with E-state index >= 15 is 0 Å². The molecule has 0 unspecified atom stereocenters. The summed E-state index contributed by atoms with van der Waals surface area (Å²) < 4.78 is 13.6. The molecule has 0 aliphatic heterocycles. The van der Waals surface area contributed by atoms with Gasteiger partial charge in [-0.05, 0) is 29.3 Å². The number of benzene rings is 2. The Morgan fingerprint density at radius 1 is 1.08 bits per heavy atom. The number of quaternary nitrogens is 1. The van der Waals surface area contributed by atoms with Crippen LogP contribution in [0.4, 0.5) is 4.39 Å². The maximum atomic E-state index is 12.7. The lowest BCUT2D eigenvalue weighted by Gasteiger charge is -2.21. The summed E-state index contributed by atoms with van der Waals surface area (Å²) in [5, 5.41) is 28.5. The second-order valence-electron chi connectivity index (χ2n) is 6.26. The summed E-state index contributed by atoms with van der Waals surface area (Å²) in [7, 11) is 6.16. The molecule has 0 aromatic heterocycles. The zero-order valence-electron chi connectivity index (χ0n) is 14.0. The molecular formula is C18H22FNO4. The van der Waals surface area contributed by atoms with E-state index in [1.165, 1.54) is 42.5 Å². The van der Waals surface area contributed by atoms with Crippen LogP contribution in [-0.2, 0) is 0 Å². The molecule has 5 nitrogen and oxygen atoms in total. The summed E-state index contributed by atoms with van der Waals surface area (Å²) in [6.45, 7) is 1.11. The van der Waals surface area contributed by atoms with E-state index in [2.05, 4.69) is 21.1 Å². The number of nitrogens with zero attached hydrogens (tertiary/aromatic N) is 1. The van der Waals surface area contributed by atoms with E-state index in [4.69, 9.17) is 10.2 Å². The molecule has 130 valence electrons. The first-order valence-electron chi connectivity index (χ1n) is 7.35. The van der Waals surface area contributed by atoms with Gasteiger partial charge in [0.15, 0.2) is 0 Å². The lowest BCUT2D eigenvalue weighted by Crippen LogP contribution is -2.36. The SMILES string of the molecule is C[N+](C)(C)CCO.O=C(O)c1cc(-c2ccc(F)cc2)ccc1[O-]. The van der Waals surface area contributed by atoms with Gasteiger partial charge in [-0.3, -0.25) is 0 Å². The van der Waals surface area contributed by atoms with E-state index in [1.54, 1.807) is 0 Å². The van der Waals surface area contributed by atoms with Gasteiger partial charge < -0.3 is 19.8 Å². The van der Waals surface area contributed by atoms with Crippen LogP contribution in [0.2, 0.25) is 0 Å². The number of likely N-dealkylation sites (N-methyl/N-ethyl adjacent to an activating group) is 1. The molecule has 0 amide bonds. The van der Waals surface area contributed by atoms with Crippen molar-refractivity contribution in [3.8, 4) is 16.9 Å². The Balaban J connectivity index is 0.000000351. The molecule has 2 N–H and O–H groups in total. The molecule has 0 spiro atoms. The first kappa shape index (κ1) is 19.6. The highest BCUT2D eigenvalue weighted by atomic mass is 19.1. The smallest absolute Gasteiger partial charge is 0.335 e. The van der Waals surface area contributed by atoms with Crippen molar-refractivity contribution in [2.24, 2.45) is 0 Å². The van der Waals surface area contributed by atoms with Gasteiger partial charge in [0.1, 0.15) is 12.4 Å². The van der Waals surface area contributed by atoms with Crippen LogP contribution in [0.1, 0.15) is 10.4 Å². The summed E-state index contributed by atoms with van der Waals surface area (Å²) >= 11 is 0. The van der Waals surface area contributed by atoms with Crippen LogP contribution in [0.15, 0.2) is 42.5 Å². The van der Waals surface area contributed by atoms with Crippen LogP contribution < -0.4 is 5.11 Å². The normalized spacial score (nSPS) is 10.7. The van der Waals surface area contributed by atoms with E-state index in [1.807, 2.05) is 0 Å². The van der Waals surface area contributed by atoms with Crippen molar-refractivity contribution < 1.29 is 29.0 Å². The highest BCUT2D eigenvalue weighted by molar-refractivity contribution is 5.92. The number of aliphatic hydroxyl groups excluding tert-OH is 1. The molecule has 0 saturated carbocycles. The highest BCUT2D eigenvalue weighted by Crippen LogP contribution is 2.24. The lowest BCUT2D eigenvalue weighted by molar-refractivity contribution is -0.870. The van der Waals surface area contributed by atoms with Crippen molar-refractivity contribution in [2.75, 3.05) is 34.3 Å². The Labute approximate surface area is 140 Å². The molecule has 0 saturated heterocycles. The highest BCUT2D eigenvalue weighted by Gasteiger charge is 2.06. The minimum absolute atomic E-state index is 0.281. The third-order valence-corrected chi connectivity index (χ3v) is 3.16. The van der Waals surface area contributed by atoms with Gasteiger partial charge in [0.2, 0.25) is 0 Å². The molecule has 24 heavy (non-hydrogen) atoms. The third kappa shape index (κ3) is 6.36. The van der Waals surface area contributed by atoms with Crippen molar-refractivity contribution in [1.29, 1.82) is 0 Å². The molecule has 0 heterocycles. The fourth-order valence-electron chi connectivity index (χ4n) is 1.82. The standard InChI is InChI=1S/C13H9FO3.C5H14NO/c14-10-4-1-8(2-5-10)9-3-6-12(15)11(7-9)13(16)17;1-6(2,3)4-5-7/h1-7,15H,(H,16,17);7H,4-5H2,1-3H3/q;+1/p-1. The molecule has 2 rings (SSSR count).